The zero-order chi connectivity index (χ0) is 19.6. The van der Waals surface area contributed by atoms with Gasteiger partial charge in [-0.15, -0.1) is 0 Å². The molecule has 3 aromatic rings. The Morgan fingerprint density at radius 1 is 0.821 bits per heavy atom. The monoisotopic (exact) mass is 373 g/mol. The minimum absolute atomic E-state index is 0.495. The van der Waals surface area contributed by atoms with E-state index in [-0.39, 0.29) is 0 Å². The van der Waals surface area contributed by atoms with Gasteiger partial charge in [0, 0.05) is 5.57 Å². The molecule has 0 radical (unpaired) electrons. The first-order chi connectivity index (χ1) is 13.8. The first-order valence-corrected chi connectivity index (χ1v) is 9.16. The van der Waals surface area contributed by atoms with E-state index in [2.05, 4.69) is 0 Å². The lowest BCUT2D eigenvalue weighted by atomic mass is 10.2. The average Bonchev–Trinajstić information content (AvgIpc) is 2.76. The largest absolute Gasteiger partial charge is 0.493 e. The number of aliphatic imine (C=N–C) groups is 1. The SMILES string of the molecule is CCC(=C\Oc1ccccc1OC)/C(=N/c1ccccc1)Oc1ccccc1. The number of ether oxygens (including phenoxy) is 3. The van der Waals surface area contributed by atoms with Gasteiger partial charge in [0.15, 0.2) is 11.5 Å². The van der Waals surface area contributed by atoms with Crippen LogP contribution in [0.3, 0.4) is 0 Å². The molecule has 0 spiro atoms. The maximum atomic E-state index is 6.09. The Kier molecular flexibility index (Phi) is 6.85. The van der Waals surface area contributed by atoms with Gasteiger partial charge >= 0.3 is 0 Å². The van der Waals surface area contributed by atoms with Crippen LogP contribution in [0.2, 0.25) is 0 Å². The summed E-state index contributed by atoms with van der Waals surface area (Å²) < 4.78 is 17.3. The van der Waals surface area contributed by atoms with Crippen LogP contribution in [-0.4, -0.2) is 13.0 Å². The van der Waals surface area contributed by atoms with E-state index < -0.39 is 0 Å². The molecular formula is C24H23NO3. The van der Waals surface area contributed by atoms with E-state index >= 15 is 0 Å². The van der Waals surface area contributed by atoms with Crippen LogP contribution in [0.1, 0.15) is 13.3 Å². The molecule has 0 aliphatic carbocycles. The van der Waals surface area contributed by atoms with Gasteiger partial charge in [-0.3, -0.25) is 0 Å². The van der Waals surface area contributed by atoms with Crippen LogP contribution in [0.25, 0.3) is 0 Å². The van der Waals surface area contributed by atoms with Crippen molar-refractivity contribution in [3.8, 4) is 17.2 Å². The van der Waals surface area contributed by atoms with Crippen molar-refractivity contribution in [1.29, 1.82) is 0 Å². The molecule has 0 atom stereocenters. The van der Waals surface area contributed by atoms with Gasteiger partial charge in [-0.1, -0.05) is 55.5 Å². The zero-order valence-corrected chi connectivity index (χ0v) is 16.0. The quantitative estimate of drug-likeness (QED) is 0.282. The molecule has 4 heteroatoms. The van der Waals surface area contributed by atoms with Gasteiger partial charge in [0.25, 0.3) is 0 Å². The maximum absolute atomic E-state index is 6.09. The van der Waals surface area contributed by atoms with Crippen molar-refractivity contribution < 1.29 is 14.2 Å². The summed E-state index contributed by atoms with van der Waals surface area (Å²) in [5.41, 5.74) is 1.64. The summed E-state index contributed by atoms with van der Waals surface area (Å²) in [7, 11) is 1.62. The van der Waals surface area contributed by atoms with E-state index in [1.807, 2.05) is 91.9 Å². The fraction of sp³-hybridized carbons (Fsp3) is 0.125. The van der Waals surface area contributed by atoms with E-state index in [1.165, 1.54) is 0 Å². The maximum Gasteiger partial charge on any atom is 0.226 e. The Morgan fingerprint density at radius 3 is 2.07 bits per heavy atom. The first kappa shape index (κ1) is 19.2. The van der Waals surface area contributed by atoms with Crippen molar-refractivity contribution in [3.63, 3.8) is 0 Å². The van der Waals surface area contributed by atoms with Gasteiger partial charge in [0.1, 0.15) is 5.75 Å². The summed E-state index contributed by atoms with van der Waals surface area (Å²) in [6, 6.07) is 26.8. The standard InChI is InChI=1S/C24H23NO3/c1-3-19(18-27-23-17-11-10-16-22(23)26-2)24(25-20-12-6-4-7-13-20)28-21-14-8-5-9-15-21/h4-18H,3H2,1-2H3/b19-18+,25-24-. The van der Waals surface area contributed by atoms with Gasteiger partial charge in [-0.2, -0.15) is 0 Å². The van der Waals surface area contributed by atoms with E-state index in [0.29, 0.717) is 29.6 Å². The van der Waals surface area contributed by atoms with Crippen molar-refractivity contribution in [2.75, 3.05) is 7.11 Å². The van der Waals surface area contributed by atoms with Crippen molar-refractivity contribution >= 4 is 11.6 Å². The van der Waals surface area contributed by atoms with Crippen LogP contribution in [0.4, 0.5) is 5.69 Å². The van der Waals surface area contributed by atoms with Crippen LogP contribution in [0, 0.1) is 0 Å². The Balaban J connectivity index is 1.93. The lowest BCUT2D eigenvalue weighted by Gasteiger charge is -2.13. The van der Waals surface area contributed by atoms with Crippen molar-refractivity contribution in [2.24, 2.45) is 4.99 Å². The predicted molar refractivity (Wildman–Crippen MR) is 113 cm³/mol. The van der Waals surface area contributed by atoms with Crippen molar-refractivity contribution in [3.05, 3.63) is 96.8 Å². The highest BCUT2D eigenvalue weighted by Crippen LogP contribution is 2.27. The van der Waals surface area contributed by atoms with E-state index in [1.54, 1.807) is 13.4 Å². The summed E-state index contributed by atoms with van der Waals surface area (Å²) in [5, 5.41) is 0. The van der Waals surface area contributed by atoms with E-state index in [4.69, 9.17) is 19.2 Å². The Bertz CT molecular complexity index is 934. The van der Waals surface area contributed by atoms with Crippen molar-refractivity contribution in [2.45, 2.75) is 13.3 Å². The van der Waals surface area contributed by atoms with Gasteiger partial charge in [0.2, 0.25) is 5.90 Å². The van der Waals surface area contributed by atoms with Crippen LogP contribution in [0.5, 0.6) is 17.2 Å². The number of nitrogens with zero attached hydrogens (tertiary/aromatic N) is 1. The van der Waals surface area contributed by atoms with E-state index in [9.17, 15) is 0 Å². The van der Waals surface area contributed by atoms with Crippen LogP contribution in [0.15, 0.2) is 102 Å². The normalized spacial score (nSPS) is 11.8. The third kappa shape index (κ3) is 5.24. The molecule has 3 aromatic carbocycles. The zero-order valence-electron chi connectivity index (χ0n) is 16.0. The molecule has 0 N–H and O–H groups in total. The second-order valence-electron chi connectivity index (χ2n) is 5.93. The second kappa shape index (κ2) is 9.97. The molecule has 4 nitrogen and oxygen atoms in total. The minimum Gasteiger partial charge on any atom is -0.493 e. The van der Waals surface area contributed by atoms with Crippen LogP contribution >= 0.6 is 0 Å². The molecular weight excluding hydrogens is 350 g/mol. The number of hydrogen-bond donors (Lipinski definition) is 0. The van der Waals surface area contributed by atoms with Crippen LogP contribution < -0.4 is 14.2 Å². The molecule has 3 rings (SSSR count). The predicted octanol–water partition coefficient (Wildman–Crippen LogP) is 6.18. The summed E-state index contributed by atoms with van der Waals surface area (Å²) in [6.07, 6.45) is 2.36. The molecule has 0 amide bonds. The number of hydrogen-bond acceptors (Lipinski definition) is 4. The molecule has 0 aromatic heterocycles. The van der Waals surface area contributed by atoms with Crippen LogP contribution in [-0.2, 0) is 0 Å². The number of methoxy groups -OCH3 is 1. The number of benzene rings is 3. The highest BCUT2D eigenvalue weighted by Gasteiger charge is 2.11. The fourth-order valence-electron chi connectivity index (χ4n) is 2.52. The average molecular weight is 373 g/mol. The molecule has 0 heterocycles. The number of rotatable bonds is 7. The molecule has 0 saturated heterocycles. The number of para-hydroxylation sites is 4. The van der Waals surface area contributed by atoms with E-state index in [0.717, 1.165) is 11.3 Å². The second-order valence-corrected chi connectivity index (χ2v) is 5.93. The minimum atomic E-state index is 0.495. The summed E-state index contributed by atoms with van der Waals surface area (Å²) in [5.74, 6) is 2.51. The Hall–Kier alpha value is -3.53. The smallest absolute Gasteiger partial charge is 0.226 e. The van der Waals surface area contributed by atoms with Gasteiger partial charge < -0.3 is 14.2 Å². The Labute approximate surface area is 165 Å². The molecule has 0 aliphatic heterocycles. The third-order valence-corrected chi connectivity index (χ3v) is 4.00. The molecule has 0 fully saturated rings. The topological polar surface area (TPSA) is 40.0 Å². The van der Waals surface area contributed by atoms with Gasteiger partial charge in [-0.25, -0.2) is 4.99 Å². The van der Waals surface area contributed by atoms with Gasteiger partial charge in [-0.05, 0) is 42.8 Å². The molecule has 142 valence electrons. The Morgan fingerprint density at radius 2 is 1.43 bits per heavy atom. The third-order valence-electron chi connectivity index (χ3n) is 4.00. The summed E-state index contributed by atoms with van der Waals surface area (Å²) in [6.45, 7) is 2.03. The summed E-state index contributed by atoms with van der Waals surface area (Å²) in [4.78, 5) is 4.69. The fourth-order valence-corrected chi connectivity index (χ4v) is 2.52. The first-order valence-electron chi connectivity index (χ1n) is 9.16. The highest BCUT2D eigenvalue weighted by molar-refractivity contribution is 5.96. The molecule has 0 saturated carbocycles. The highest BCUT2D eigenvalue weighted by atomic mass is 16.5. The summed E-state index contributed by atoms with van der Waals surface area (Å²) >= 11 is 0. The van der Waals surface area contributed by atoms with Gasteiger partial charge in [0.05, 0.1) is 19.1 Å². The van der Waals surface area contributed by atoms with Crippen molar-refractivity contribution in [1.82, 2.24) is 0 Å². The molecule has 28 heavy (non-hydrogen) atoms. The molecule has 0 aliphatic rings. The molecule has 0 unspecified atom stereocenters. The lowest BCUT2D eigenvalue weighted by molar-refractivity contribution is 0.376. The molecule has 0 bridgehead atoms. The lowest BCUT2D eigenvalue weighted by Crippen LogP contribution is -2.12.